The van der Waals surface area contributed by atoms with Gasteiger partial charge >= 0.3 is 0 Å². The molecule has 0 fully saturated rings. The van der Waals surface area contributed by atoms with Crippen molar-refractivity contribution in [2.75, 3.05) is 31.3 Å². The molecule has 0 unspecified atom stereocenters. The van der Waals surface area contributed by atoms with Crippen LogP contribution in [0.3, 0.4) is 0 Å². The predicted molar refractivity (Wildman–Crippen MR) is 74.0 cm³/mol. The summed E-state index contributed by atoms with van der Waals surface area (Å²) in [6.45, 7) is 5.55. The number of anilines is 2. The number of nitrogens with two attached hydrogens (primary N) is 1. The Kier molecular flexibility index (Phi) is 6.28. The van der Waals surface area contributed by atoms with Crippen molar-refractivity contribution in [3.05, 3.63) is 12.1 Å². The van der Waals surface area contributed by atoms with E-state index in [1.54, 1.807) is 7.11 Å². The fourth-order valence-electron chi connectivity index (χ4n) is 1.46. The van der Waals surface area contributed by atoms with E-state index in [9.17, 15) is 0 Å². The molecule has 0 atom stereocenters. The van der Waals surface area contributed by atoms with E-state index in [-0.39, 0.29) is 6.10 Å². The highest BCUT2D eigenvalue weighted by molar-refractivity contribution is 5.53. The number of nitrogen functional groups attached to an aromatic ring is 1. The van der Waals surface area contributed by atoms with Crippen molar-refractivity contribution < 1.29 is 9.47 Å². The van der Waals surface area contributed by atoms with E-state index in [1.807, 2.05) is 26.0 Å². The average molecular weight is 253 g/mol. The number of nitrogens with zero attached hydrogens (tertiary/aromatic N) is 1. The molecule has 0 spiro atoms. The van der Waals surface area contributed by atoms with E-state index >= 15 is 0 Å². The number of methoxy groups -OCH3 is 1. The molecule has 0 amide bonds. The van der Waals surface area contributed by atoms with Gasteiger partial charge in [0.1, 0.15) is 5.82 Å². The molecule has 102 valence electrons. The van der Waals surface area contributed by atoms with E-state index < -0.39 is 0 Å². The van der Waals surface area contributed by atoms with Gasteiger partial charge in [-0.05, 0) is 38.8 Å². The number of aromatic nitrogens is 1. The van der Waals surface area contributed by atoms with Gasteiger partial charge in [0.15, 0.2) is 0 Å². The second-order valence-corrected chi connectivity index (χ2v) is 4.38. The third kappa shape index (κ3) is 5.23. The number of unbranched alkanes of at least 4 members (excludes halogenated alkanes) is 1. The molecule has 1 rings (SSSR count). The van der Waals surface area contributed by atoms with Crippen molar-refractivity contribution in [2.45, 2.75) is 32.8 Å². The largest absolute Gasteiger partial charge is 0.473 e. The summed E-state index contributed by atoms with van der Waals surface area (Å²) < 4.78 is 10.5. The summed E-state index contributed by atoms with van der Waals surface area (Å²) in [5.41, 5.74) is 6.36. The molecule has 5 nitrogen and oxygen atoms in total. The molecule has 0 saturated carbocycles. The molecular formula is C13H23N3O2. The number of nitrogens with one attached hydrogen (secondary N) is 1. The van der Waals surface area contributed by atoms with Gasteiger partial charge in [0.25, 0.3) is 0 Å². The molecule has 0 aliphatic rings. The Morgan fingerprint density at radius 2 is 2.11 bits per heavy atom. The molecule has 1 heterocycles. The molecule has 18 heavy (non-hydrogen) atoms. The van der Waals surface area contributed by atoms with Crippen molar-refractivity contribution in [3.63, 3.8) is 0 Å². The van der Waals surface area contributed by atoms with Gasteiger partial charge in [-0.3, -0.25) is 0 Å². The maximum absolute atomic E-state index is 5.80. The van der Waals surface area contributed by atoms with Crippen LogP contribution in [-0.2, 0) is 4.74 Å². The molecule has 0 aliphatic carbocycles. The van der Waals surface area contributed by atoms with Gasteiger partial charge < -0.3 is 20.5 Å². The molecule has 1 aromatic heterocycles. The molecule has 0 bridgehead atoms. The van der Waals surface area contributed by atoms with Gasteiger partial charge in [0.05, 0.1) is 11.8 Å². The van der Waals surface area contributed by atoms with Crippen LogP contribution in [-0.4, -0.2) is 31.3 Å². The summed E-state index contributed by atoms with van der Waals surface area (Å²) in [6, 6.07) is 3.67. The number of pyridine rings is 1. The van der Waals surface area contributed by atoms with E-state index in [2.05, 4.69) is 10.3 Å². The standard InChI is InChI=1S/C13H23N3O2/c1-10(2)18-13-11(14)6-7-12(16-13)15-8-4-5-9-17-3/h6-7,10H,4-5,8-9,14H2,1-3H3,(H,15,16). The predicted octanol–water partition coefficient (Wildman–Crippen LogP) is 2.29. The molecule has 3 N–H and O–H groups in total. The lowest BCUT2D eigenvalue weighted by molar-refractivity contribution is 0.193. The van der Waals surface area contributed by atoms with Gasteiger partial charge in [-0.2, -0.15) is 4.98 Å². The molecule has 0 radical (unpaired) electrons. The molecule has 0 aliphatic heterocycles. The van der Waals surface area contributed by atoms with Gasteiger partial charge in [0.2, 0.25) is 5.88 Å². The summed E-state index contributed by atoms with van der Waals surface area (Å²) in [4.78, 5) is 4.34. The van der Waals surface area contributed by atoms with Gasteiger partial charge in [-0.25, -0.2) is 0 Å². The zero-order valence-electron chi connectivity index (χ0n) is 11.4. The lowest BCUT2D eigenvalue weighted by atomic mass is 10.3. The minimum Gasteiger partial charge on any atom is -0.473 e. The first-order chi connectivity index (χ1) is 8.63. The van der Waals surface area contributed by atoms with E-state index in [0.29, 0.717) is 11.6 Å². The van der Waals surface area contributed by atoms with Crippen LogP contribution in [0.1, 0.15) is 26.7 Å². The van der Waals surface area contributed by atoms with Gasteiger partial charge in [-0.1, -0.05) is 0 Å². The molecule has 0 saturated heterocycles. The van der Waals surface area contributed by atoms with Crippen LogP contribution in [0.2, 0.25) is 0 Å². The first kappa shape index (κ1) is 14.6. The Morgan fingerprint density at radius 1 is 1.33 bits per heavy atom. The average Bonchev–Trinajstić information content (AvgIpc) is 2.32. The van der Waals surface area contributed by atoms with E-state index in [4.69, 9.17) is 15.2 Å². The SMILES string of the molecule is COCCCCNc1ccc(N)c(OC(C)C)n1. The van der Waals surface area contributed by atoms with Crippen molar-refractivity contribution in [1.29, 1.82) is 0 Å². The zero-order chi connectivity index (χ0) is 13.4. The second-order valence-electron chi connectivity index (χ2n) is 4.38. The minimum absolute atomic E-state index is 0.0664. The van der Waals surface area contributed by atoms with Crippen LogP contribution in [0, 0.1) is 0 Å². The van der Waals surface area contributed by atoms with Crippen LogP contribution < -0.4 is 15.8 Å². The van der Waals surface area contributed by atoms with Crippen LogP contribution in [0.25, 0.3) is 0 Å². The summed E-state index contributed by atoms with van der Waals surface area (Å²) in [5, 5.41) is 3.24. The Bertz CT molecular complexity index is 356. The summed E-state index contributed by atoms with van der Waals surface area (Å²) in [6.07, 6.45) is 2.14. The third-order valence-electron chi connectivity index (χ3n) is 2.32. The smallest absolute Gasteiger partial charge is 0.239 e. The van der Waals surface area contributed by atoms with E-state index in [0.717, 1.165) is 31.8 Å². The fourth-order valence-corrected chi connectivity index (χ4v) is 1.46. The van der Waals surface area contributed by atoms with Crippen LogP contribution in [0.4, 0.5) is 11.5 Å². The Labute approximate surface area is 109 Å². The van der Waals surface area contributed by atoms with Crippen LogP contribution in [0.5, 0.6) is 5.88 Å². The van der Waals surface area contributed by atoms with E-state index in [1.165, 1.54) is 0 Å². The highest BCUT2D eigenvalue weighted by atomic mass is 16.5. The van der Waals surface area contributed by atoms with Gasteiger partial charge in [-0.15, -0.1) is 0 Å². The quantitative estimate of drug-likeness (QED) is 0.696. The summed E-state index contributed by atoms with van der Waals surface area (Å²) >= 11 is 0. The normalized spacial score (nSPS) is 10.7. The molecule has 5 heteroatoms. The number of hydrogen-bond donors (Lipinski definition) is 2. The van der Waals surface area contributed by atoms with Crippen molar-refractivity contribution in [2.24, 2.45) is 0 Å². The maximum Gasteiger partial charge on any atom is 0.239 e. The van der Waals surface area contributed by atoms with Crippen molar-refractivity contribution in [3.8, 4) is 5.88 Å². The molecular weight excluding hydrogens is 230 g/mol. The van der Waals surface area contributed by atoms with Crippen molar-refractivity contribution >= 4 is 11.5 Å². The second kappa shape index (κ2) is 7.76. The monoisotopic (exact) mass is 253 g/mol. The first-order valence-electron chi connectivity index (χ1n) is 6.29. The Hall–Kier alpha value is -1.49. The lowest BCUT2D eigenvalue weighted by Crippen LogP contribution is -2.11. The number of hydrogen-bond acceptors (Lipinski definition) is 5. The lowest BCUT2D eigenvalue weighted by Gasteiger charge is -2.13. The highest BCUT2D eigenvalue weighted by Crippen LogP contribution is 2.21. The van der Waals surface area contributed by atoms with Crippen LogP contribution in [0.15, 0.2) is 12.1 Å². The van der Waals surface area contributed by atoms with Crippen LogP contribution >= 0.6 is 0 Å². The highest BCUT2D eigenvalue weighted by Gasteiger charge is 2.06. The molecule has 0 aromatic carbocycles. The zero-order valence-corrected chi connectivity index (χ0v) is 11.4. The summed E-state index contributed by atoms with van der Waals surface area (Å²) in [5.74, 6) is 1.28. The number of ether oxygens (including phenoxy) is 2. The summed E-state index contributed by atoms with van der Waals surface area (Å²) in [7, 11) is 1.71. The maximum atomic E-state index is 5.80. The third-order valence-corrected chi connectivity index (χ3v) is 2.32. The minimum atomic E-state index is 0.0664. The Morgan fingerprint density at radius 3 is 2.78 bits per heavy atom. The topological polar surface area (TPSA) is 69.4 Å². The van der Waals surface area contributed by atoms with Gasteiger partial charge in [0, 0.05) is 20.3 Å². The fraction of sp³-hybridized carbons (Fsp3) is 0.615. The number of rotatable bonds is 8. The molecule has 1 aromatic rings. The Balaban J connectivity index is 2.46. The van der Waals surface area contributed by atoms with Crippen molar-refractivity contribution in [1.82, 2.24) is 4.98 Å². The first-order valence-corrected chi connectivity index (χ1v) is 6.29.